The van der Waals surface area contributed by atoms with Gasteiger partial charge in [-0.2, -0.15) is 0 Å². The largest absolute Gasteiger partial charge is 0.493 e. The van der Waals surface area contributed by atoms with Crippen molar-refractivity contribution in [2.75, 3.05) is 13.7 Å². The van der Waals surface area contributed by atoms with Crippen LogP contribution in [0.2, 0.25) is 0 Å². The first-order valence-corrected chi connectivity index (χ1v) is 9.81. The molecule has 0 spiro atoms. The van der Waals surface area contributed by atoms with E-state index in [4.69, 9.17) is 21.7 Å². The molecule has 1 saturated heterocycles. The number of carboxylic acids is 1. The normalized spacial score (nSPS) is 16.9. The van der Waals surface area contributed by atoms with E-state index in [1.807, 2.05) is 26.8 Å². The summed E-state index contributed by atoms with van der Waals surface area (Å²) in [7, 11) is 1.55. The van der Waals surface area contributed by atoms with E-state index in [9.17, 15) is 14.7 Å². The average Bonchev–Trinajstić information content (AvgIpc) is 2.87. The van der Waals surface area contributed by atoms with Crippen LogP contribution < -0.4 is 9.47 Å². The highest BCUT2D eigenvalue weighted by atomic mass is 32.2. The number of benzene rings is 1. The molecule has 1 aliphatic rings. The molecular weight excluding hydrogens is 386 g/mol. The average molecular weight is 410 g/mol. The highest BCUT2D eigenvalue weighted by molar-refractivity contribution is 8.26. The number of carbonyl (C=O) groups excluding carboxylic acids is 1. The third-order valence-corrected chi connectivity index (χ3v) is 5.23. The lowest BCUT2D eigenvalue weighted by atomic mass is 10.0. The Bertz CT molecular complexity index is 775. The van der Waals surface area contributed by atoms with Gasteiger partial charge in [-0.3, -0.25) is 9.69 Å². The van der Waals surface area contributed by atoms with E-state index in [0.29, 0.717) is 29.4 Å². The lowest BCUT2D eigenvalue weighted by Gasteiger charge is -2.24. The number of methoxy groups -OCH3 is 1. The number of amides is 1. The number of rotatable bonds is 8. The molecule has 27 heavy (non-hydrogen) atoms. The Morgan fingerprint density at radius 3 is 2.63 bits per heavy atom. The SMILES string of the molecule is CCOc1ccc(/C=C2\SC(=S)N([C@H](CC(C)C)C(=O)O)C2=O)cc1OC. The van der Waals surface area contributed by atoms with Gasteiger partial charge in [0, 0.05) is 0 Å². The van der Waals surface area contributed by atoms with E-state index in [1.54, 1.807) is 25.3 Å². The summed E-state index contributed by atoms with van der Waals surface area (Å²) in [5, 5.41) is 9.53. The molecule has 0 saturated carbocycles. The molecule has 8 heteroatoms. The predicted octanol–water partition coefficient (Wildman–Crippen LogP) is 3.79. The van der Waals surface area contributed by atoms with Crippen LogP contribution in [0.25, 0.3) is 6.08 Å². The second-order valence-electron chi connectivity index (χ2n) is 6.38. The number of carbonyl (C=O) groups is 2. The van der Waals surface area contributed by atoms with Gasteiger partial charge < -0.3 is 14.6 Å². The van der Waals surface area contributed by atoms with Gasteiger partial charge in [0.05, 0.1) is 18.6 Å². The monoisotopic (exact) mass is 409 g/mol. The second kappa shape index (κ2) is 9.23. The predicted molar refractivity (Wildman–Crippen MR) is 110 cm³/mol. The molecule has 1 aromatic rings. The Labute approximate surface area is 168 Å². The van der Waals surface area contributed by atoms with Gasteiger partial charge in [0.15, 0.2) is 11.5 Å². The molecule has 0 aliphatic carbocycles. The number of thioether (sulfide) groups is 1. The smallest absolute Gasteiger partial charge is 0.326 e. The summed E-state index contributed by atoms with van der Waals surface area (Å²) in [6, 6.07) is 4.38. The van der Waals surface area contributed by atoms with Crippen LogP contribution in [-0.2, 0) is 9.59 Å². The van der Waals surface area contributed by atoms with Crippen LogP contribution in [0.1, 0.15) is 32.8 Å². The lowest BCUT2D eigenvalue weighted by Crippen LogP contribution is -2.44. The summed E-state index contributed by atoms with van der Waals surface area (Å²) < 4.78 is 11.1. The maximum absolute atomic E-state index is 12.8. The van der Waals surface area contributed by atoms with Gasteiger partial charge >= 0.3 is 5.97 Å². The molecule has 1 N–H and O–H groups in total. The summed E-state index contributed by atoms with van der Waals surface area (Å²) >= 11 is 6.39. The number of carboxylic acid groups (broad SMARTS) is 1. The van der Waals surface area contributed by atoms with E-state index in [-0.39, 0.29) is 16.1 Å². The Morgan fingerprint density at radius 1 is 1.37 bits per heavy atom. The van der Waals surface area contributed by atoms with Gasteiger partial charge in [-0.05, 0) is 43.0 Å². The van der Waals surface area contributed by atoms with Crippen molar-refractivity contribution >= 4 is 46.3 Å². The van der Waals surface area contributed by atoms with Crippen molar-refractivity contribution in [3.63, 3.8) is 0 Å². The van der Waals surface area contributed by atoms with Gasteiger partial charge in [-0.1, -0.05) is 43.9 Å². The minimum Gasteiger partial charge on any atom is -0.493 e. The molecule has 1 aromatic carbocycles. The number of hydrogen-bond acceptors (Lipinski definition) is 6. The highest BCUT2D eigenvalue weighted by Gasteiger charge is 2.40. The highest BCUT2D eigenvalue weighted by Crippen LogP contribution is 2.36. The number of ether oxygens (including phenoxy) is 2. The van der Waals surface area contributed by atoms with E-state index in [1.165, 1.54) is 4.90 Å². The van der Waals surface area contributed by atoms with E-state index >= 15 is 0 Å². The lowest BCUT2D eigenvalue weighted by molar-refractivity contribution is -0.145. The van der Waals surface area contributed by atoms with E-state index < -0.39 is 12.0 Å². The van der Waals surface area contributed by atoms with Crippen LogP contribution in [0.15, 0.2) is 23.1 Å². The van der Waals surface area contributed by atoms with E-state index in [2.05, 4.69) is 0 Å². The van der Waals surface area contributed by atoms with Crippen molar-refractivity contribution in [3.8, 4) is 11.5 Å². The standard InChI is InChI=1S/C19H23NO5S2/c1-5-25-14-7-6-12(9-15(14)24-4)10-16-17(21)20(19(26)27-16)13(18(22)23)8-11(2)3/h6-7,9-11,13H,5,8H2,1-4H3,(H,22,23)/b16-10-/t13-/m1/s1. The third kappa shape index (κ3) is 5.01. The van der Waals surface area contributed by atoms with Gasteiger partial charge in [-0.25, -0.2) is 4.79 Å². The number of thiocarbonyl (C=S) groups is 1. The Kier molecular flexibility index (Phi) is 7.26. The Balaban J connectivity index is 2.31. The summed E-state index contributed by atoms with van der Waals surface area (Å²) in [5.41, 5.74) is 0.742. The maximum atomic E-state index is 12.8. The van der Waals surface area contributed by atoms with Crippen LogP contribution in [-0.4, -0.2) is 46.0 Å². The maximum Gasteiger partial charge on any atom is 0.326 e. The molecule has 1 heterocycles. The fourth-order valence-corrected chi connectivity index (χ4v) is 4.07. The molecule has 0 aromatic heterocycles. The van der Waals surface area contributed by atoms with Crippen LogP contribution in [0.4, 0.5) is 0 Å². The zero-order valence-electron chi connectivity index (χ0n) is 15.7. The molecule has 1 atom stereocenters. The minimum atomic E-state index is -1.05. The van der Waals surface area contributed by atoms with Crippen LogP contribution in [0.3, 0.4) is 0 Å². The first-order valence-electron chi connectivity index (χ1n) is 8.59. The van der Waals surface area contributed by atoms with Crippen molar-refractivity contribution < 1.29 is 24.2 Å². The van der Waals surface area contributed by atoms with Crippen molar-refractivity contribution in [3.05, 3.63) is 28.7 Å². The summed E-state index contributed by atoms with van der Waals surface area (Å²) in [6.07, 6.45) is 2.03. The van der Waals surface area contributed by atoms with E-state index in [0.717, 1.165) is 17.3 Å². The van der Waals surface area contributed by atoms with Crippen molar-refractivity contribution in [2.24, 2.45) is 5.92 Å². The molecule has 6 nitrogen and oxygen atoms in total. The fourth-order valence-electron chi connectivity index (χ4n) is 2.71. The molecule has 1 amide bonds. The number of hydrogen-bond donors (Lipinski definition) is 1. The molecule has 0 unspecified atom stereocenters. The third-order valence-electron chi connectivity index (χ3n) is 3.90. The van der Waals surface area contributed by atoms with Crippen LogP contribution >= 0.6 is 24.0 Å². The summed E-state index contributed by atoms with van der Waals surface area (Å²) in [6.45, 7) is 6.22. The van der Waals surface area contributed by atoms with Crippen LogP contribution in [0.5, 0.6) is 11.5 Å². The van der Waals surface area contributed by atoms with Gasteiger partial charge in [-0.15, -0.1) is 0 Å². The Morgan fingerprint density at radius 2 is 2.07 bits per heavy atom. The van der Waals surface area contributed by atoms with Crippen molar-refractivity contribution in [1.82, 2.24) is 4.90 Å². The zero-order valence-corrected chi connectivity index (χ0v) is 17.4. The molecule has 0 bridgehead atoms. The fraction of sp³-hybridized carbons (Fsp3) is 0.421. The first-order chi connectivity index (χ1) is 12.8. The molecule has 1 fully saturated rings. The van der Waals surface area contributed by atoms with Crippen molar-refractivity contribution in [2.45, 2.75) is 33.2 Å². The number of aliphatic carboxylic acids is 1. The van der Waals surface area contributed by atoms with Gasteiger partial charge in [0.2, 0.25) is 0 Å². The molecule has 1 aliphatic heterocycles. The molecular formula is C19H23NO5S2. The Hall–Kier alpha value is -2.06. The molecule has 146 valence electrons. The second-order valence-corrected chi connectivity index (χ2v) is 8.05. The summed E-state index contributed by atoms with van der Waals surface area (Å²) in [5.74, 6) is -0.137. The van der Waals surface area contributed by atoms with Gasteiger partial charge in [0.25, 0.3) is 5.91 Å². The topological polar surface area (TPSA) is 76.1 Å². The molecule has 2 rings (SSSR count). The summed E-state index contributed by atoms with van der Waals surface area (Å²) in [4.78, 5) is 26.0. The number of nitrogens with zero attached hydrogens (tertiary/aromatic N) is 1. The van der Waals surface area contributed by atoms with Gasteiger partial charge in [0.1, 0.15) is 10.4 Å². The van der Waals surface area contributed by atoms with Crippen LogP contribution in [0, 0.1) is 5.92 Å². The van der Waals surface area contributed by atoms with Crippen molar-refractivity contribution in [1.29, 1.82) is 0 Å². The first kappa shape index (κ1) is 21.2. The molecule has 0 radical (unpaired) electrons. The zero-order chi connectivity index (χ0) is 20.1. The quantitative estimate of drug-likeness (QED) is 0.517. The minimum absolute atomic E-state index is 0.120.